The fourth-order valence-corrected chi connectivity index (χ4v) is 1.67. The molecule has 1 fully saturated rings. The molecule has 0 heterocycles. The molecule has 0 aromatic carbocycles. The summed E-state index contributed by atoms with van der Waals surface area (Å²) in [5.41, 5.74) is 0. The van der Waals surface area contributed by atoms with Crippen LogP contribution < -0.4 is 5.32 Å². The number of methoxy groups -OCH3 is 1. The number of hydrogen-bond acceptors (Lipinski definition) is 3. The van der Waals surface area contributed by atoms with Crippen molar-refractivity contribution in [3.8, 4) is 0 Å². The molecule has 1 aliphatic carbocycles. The van der Waals surface area contributed by atoms with E-state index in [0.29, 0.717) is 12.5 Å². The zero-order valence-electron chi connectivity index (χ0n) is 7.95. The van der Waals surface area contributed by atoms with Crippen LogP contribution in [0, 0.1) is 5.92 Å². The first-order valence-corrected chi connectivity index (χ1v) is 4.66. The third-order valence-corrected chi connectivity index (χ3v) is 2.38. The Morgan fingerprint density at radius 1 is 1.62 bits per heavy atom. The normalized spacial score (nSPS) is 27.5. The minimum atomic E-state index is -0.163. The predicted molar refractivity (Wildman–Crippen MR) is 48.2 cm³/mol. The van der Waals surface area contributed by atoms with E-state index in [-0.39, 0.29) is 18.6 Å². The van der Waals surface area contributed by atoms with Gasteiger partial charge in [0.25, 0.3) is 0 Å². The van der Waals surface area contributed by atoms with Gasteiger partial charge in [0.2, 0.25) is 5.91 Å². The lowest BCUT2D eigenvalue weighted by atomic mass is 10.1. The summed E-state index contributed by atoms with van der Waals surface area (Å²) < 4.78 is 4.68. The van der Waals surface area contributed by atoms with Crippen LogP contribution in [0.3, 0.4) is 0 Å². The molecular weight excluding hydrogens is 170 g/mol. The number of hydrogen-bond donors (Lipinski definition) is 2. The van der Waals surface area contributed by atoms with Crippen LogP contribution in [0.15, 0.2) is 0 Å². The molecule has 1 aliphatic rings. The molecule has 0 aromatic rings. The quantitative estimate of drug-likeness (QED) is 0.646. The first-order chi connectivity index (χ1) is 6.22. The highest BCUT2D eigenvalue weighted by Gasteiger charge is 2.22. The van der Waals surface area contributed by atoms with Crippen molar-refractivity contribution in [1.82, 2.24) is 5.32 Å². The summed E-state index contributed by atoms with van der Waals surface area (Å²) in [6.07, 6.45) is 2.52. The van der Waals surface area contributed by atoms with Gasteiger partial charge in [-0.05, 0) is 25.2 Å². The monoisotopic (exact) mass is 187 g/mol. The predicted octanol–water partition coefficient (Wildman–Crippen LogP) is -0.0900. The minimum absolute atomic E-state index is 0.0797. The average Bonchev–Trinajstić information content (AvgIpc) is 2.49. The number of carbonyl (C=O) groups excluding carboxylic acids is 1. The molecule has 4 heteroatoms. The van der Waals surface area contributed by atoms with Crippen molar-refractivity contribution in [2.45, 2.75) is 25.4 Å². The largest absolute Gasteiger partial charge is 0.393 e. The third kappa shape index (κ3) is 3.74. The van der Waals surface area contributed by atoms with E-state index in [0.717, 1.165) is 19.3 Å². The second-order valence-electron chi connectivity index (χ2n) is 3.57. The maximum atomic E-state index is 11.0. The Bertz CT molecular complexity index is 172. The van der Waals surface area contributed by atoms with Gasteiger partial charge in [0, 0.05) is 13.7 Å². The molecule has 2 atom stereocenters. The van der Waals surface area contributed by atoms with Gasteiger partial charge >= 0.3 is 0 Å². The molecule has 0 saturated heterocycles. The Hall–Kier alpha value is -0.610. The summed E-state index contributed by atoms with van der Waals surface area (Å²) in [5, 5.41) is 12.0. The number of ether oxygens (including phenoxy) is 1. The van der Waals surface area contributed by atoms with Gasteiger partial charge in [-0.15, -0.1) is 0 Å². The third-order valence-electron chi connectivity index (χ3n) is 2.38. The summed E-state index contributed by atoms with van der Waals surface area (Å²) in [4.78, 5) is 11.0. The van der Waals surface area contributed by atoms with E-state index in [1.807, 2.05) is 0 Å². The van der Waals surface area contributed by atoms with Gasteiger partial charge in [-0.1, -0.05) is 0 Å². The lowest BCUT2D eigenvalue weighted by Crippen LogP contribution is -2.31. The van der Waals surface area contributed by atoms with E-state index in [4.69, 9.17) is 0 Å². The van der Waals surface area contributed by atoms with Gasteiger partial charge in [0.15, 0.2) is 0 Å². The van der Waals surface area contributed by atoms with E-state index in [1.165, 1.54) is 7.11 Å². The van der Waals surface area contributed by atoms with Crippen molar-refractivity contribution < 1.29 is 14.6 Å². The van der Waals surface area contributed by atoms with Crippen LogP contribution in [0.1, 0.15) is 19.3 Å². The van der Waals surface area contributed by atoms with Gasteiger partial charge in [-0.3, -0.25) is 4.79 Å². The molecule has 1 amide bonds. The Morgan fingerprint density at radius 3 is 2.92 bits per heavy atom. The number of rotatable bonds is 4. The molecule has 13 heavy (non-hydrogen) atoms. The standard InChI is InChI=1S/C9H17NO3/c1-13-6-9(12)10-5-7-2-3-8(11)4-7/h7-8,11H,2-6H2,1H3,(H,10,12). The van der Waals surface area contributed by atoms with Gasteiger partial charge in [0.1, 0.15) is 6.61 Å². The summed E-state index contributed by atoms with van der Waals surface area (Å²) in [7, 11) is 1.50. The highest BCUT2D eigenvalue weighted by molar-refractivity contribution is 5.77. The molecule has 76 valence electrons. The van der Waals surface area contributed by atoms with Crippen molar-refractivity contribution in [3.63, 3.8) is 0 Å². The van der Waals surface area contributed by atoms with Crippen LogP contribution in [0.5, 0.6) is 0 Å². The SMILES string of the molecule is COCC(=O)NCC1CCC(O)C1. The van der Waals surface area contributed by atoms with Crippen molar-refractivity contribution in [1.29, 1.82) is 0 Å². The van der Waals surface area contributed by atoms with Crippen LogP contribution >= 0.6 is 0 Å². The second kappa shape index (κ2) is 5.19. The van der Waals surface area contributed by atoms with E-state index >= 15 is 0 Å². The van der Waals surface area contributed by atoms with Gasteiger partial charge in [-0.25, -0.2) is 0 Å². The molecule has 2 N–H and O–H groups in total. The first kappa shape index (κ1) is 10.5. The van der Waals surface area contributed by atoms with Crippen LogP contribution in [0.2, 0.25) is 0 Å². The molecule has 4 nitrogen and oxygen atoms in total. The maximum absolute atomic E-state index is 11.0. The van der Waals surface area contributed by atoms with Crippen LogP contribution in [-0.4, -0.2) is 37.4 Å². The Kier molecular flexibility index (Phi) is 4.18. The molecule has 1 rings (SSSR count). The lowest BCUT2D eigenvalue weighted by molar-refractivity contribution is -0.124. The Morgan fingerprint density at radius 2 is 2.38 bits per heavy atom. The Balaban J connectivity index is 2.09. The number of carbonyl (C=O) groups is 1. The molecule has 2 unspecified atom stereocenters. The molecule has 0 aliphatic heterocycles. The van der Waals surface area contributed by atoms with Crippen LogP contribution in [0.4, 0.5) is 0 Å². The number of aliphatic hydroxyl groups is 1. The fraction of sp³-hybridized carbons (Fsp3) is 0.889. The fourth-order valence-electron chi connectivity index (χ4n) is 1.67. The van der Waals surface area contributed by atoms with Crippen molar-refractivity contribution in [3.05, 3.63) is 0 Å². The molecule has 0 aromatic heterocycles. The average molecular weight is 187 g/mol. The number of nitrogens with one attached hydrogen (secondary N) is 1. The van der Waals surface area contributed by atoms with E-state index in [9.17, 15) is 9.90 Å². The summed E-state index contributed by atoms with van der Waals surface area (Å²) >= 11 is 0. The van der Waals surface area contributed by atoms with Crippen molar-refractivity contribution >= 4 is 5.91 Å². The topological polar surface area (TPSA) is 58.6 Å². The highest BCUT2D eigenvalue weighted by atomic mass is 16.5. The molecule has 0 radical (unpaired) electrons. The van der Waals surface area contributed by atoms with E-state index in [1.54, 1.807) is 0 Å². The summed E-state index contributed by atoms with van der Waals surface area (Å²) in [6.45, 7) is 0.786. The van der Waals surface area contributed by atoms with E-state index < -0.39 is 0 Å². The molecule has 1 saturated carbocycles. The van der Waals surface area contributed by atoms with Gasteiger partial charge in [0.05, 0.1) is 6.10 Å². The van der Waals surface area contributed by atoms with Crippen molar-refractivity contribution in [2.24, 2.45) is 5.92 Å². The summed E-state index contributed by atoms with van der Waals surface area (Å²) in [6, 6.07) is 0. The molecule has 0 bridgehead atoms. The number of aliphatic hydroxyl groups excluding tert-OH is 1. The zero-order valence-corrected chi connectivity index (χ0v) is 7.95. The first-order valence-electron chi connectivity index (χ1n) is 4.66. The lowest BCUT2D eigenvalue weighted by Gasteiger charge is -2.10. The van der Waals surface area contributed by atoms with Gasteiger partial charge in [-0.2, -0.15) is 0 Å². The van der Waals surface area contributed by atoms with Gasteiger partial charge < -0.3 is 15.2 Å². The van der Waals surface area contributed by atoms with Crippen LogP contribution in [-0.2, 0) is 9.53 Å². The van der Waals surface area contributed by atoms with E-state index in [2.05, 4.69) is 10.1 Å². The molecule has 0 spiro atoms. The smallest absolute Gasteiger partial charge is 0.245 e. The second-order valence-corrected chi connectivity index (χ2v) is 3.57. The maximum Gasteiger partial charge on any atom is 0.245 e. The van der Waals surface area contributed by atoms with Crippen molar-refractivity contribution in [2.75, 3.05) is 20.3 Å². The minimum Gasteiger partial charge on any atom is -0.393 e. The highest BCUT2D eigenvalue weighted by Crippen LogP contribution is 2.24. The number of amides is 1. The zero-order chi connectivity index (χ0) is 9.68. The summed E-state index contributed by atoms with van der Waals surface area (Å²) in [5.74, 6) is 0.361. The Labute approximate surface area is 78.3 Å². The van der Waals surface area contributed by atoms with Crippen LogP contribution in [0.25, 0.3) is 0 Å². The molecular formula is C9H17NO3.